The number of anilines is 2. The van der Waals surface area contributed by atoms with Crippen LogP contribution in [0.1, 0.15) is 10.4 Å². The lowest BCUT2D eigenvalue weighted by Gasteiger charge is -2.07. The van der Waals surface area contributed by atoms with Crippen LogP contribution in [0.3, 0.4) is 0 Å². The maximum Gasteiger partial charge on any atom is 0.231 e. The number of nitrogens with zero attached hydrogens (tertiary/aromatic N) is 2. The molecule has 0 unspecified atom stereocenters. The largest absolute Gasteiger partial charge is 0.493 e. The van der Waals surface area contributed by atoms with E-state index in [1.165, 1.54) is 5.56 Å². The standard InChI is InChI=1S/C15H19N3O2S/c1-18(2)15-17-14(19-3)13(21-15)9-16-11-4-5-12-10(8-11)6-7-20-12/h4-5,8,16H,6-7,9H2,1-3H3. The first-order valence-electron chi connectivity index (χ1n) is 6.88. The van der Waals surface area contributed by atoms with E-state index < -0.39 is 0 Å². The van der Waals surface area contributed by atoms with Gasteiger partial charge in [0.1, 0.15) is 5.75 Å². The fourth-order valence-corrected chi connectivity index (χ4v) is 3.16. The molecule has 0 fully saturated rings. The molecule has 6 heteroatoms. The van der Waals surface area contributed by atoms with Crippen LogP contribution in [0, 0.1) is 0 Å². The second-order valence-corrected chi connectivity index (χ2v) is 6.16. The van der Waals surface area contributed by atoms with Crippen molar-refractivity contribution < 1.29 is 9.47 Å². The van der Waals surface area contributed by atoms with E-state index in [9.17, 15) is 0 Å². The van der Waals surface area contributed by atoms with E-state index in [1.54, 1.807) is 18.4 Å². The van der Waals surface area contributed by atoms with Crippen molar-refractivity contribution in [2.75, 3.05) is 38.0 Å². The predicted octanol–water partition coefficient (Wildman–Crippen LogP) is 2.76. The van der Waals surface area contributed by atoms with Crippen LogP contribution in [0.25, 0.3) is 0 Å². The highest BCUT2D eigenvalue weighted by molar-refractivity contribution is 7.15. The number of rotatable bonds is 5. The lowest BCUT2D eigenvalue weighted by molar-refractivity contribution is 0.357. The second kappa shape index (κ2) is 5.81. The lowest BCUT2D eigenvalue weighted by atomic mass is 10.1. The number of aromatic nitrogens is 1. The normalized spacial score (nSPS) is 12.7. The minimum absolute atomic E-state index is 0.695. The fourth-order valence-electron chi connectivity index (χ4n) is 2.27. The van der Waals surface area contributed by atoms with Crippen LogP contribution in [0.2, 0.25) is 0 Å². The number of thiazole rings is 1. The van der Waals surface area contributed by atoms with Crippen molar-refractivity contribution in [3.63, 3.8) is 0 Å². The SMILES string of the molecule is COc1nc(N(C)C)sc1CNc1ccc2c(c1)CCO2. The van der Waals surface area contributed by atoms with Gasteiger partial charge in [0, 0.05) is 26.2 Å². The lowest BCUT2D eigenvalue weighted by Crippen LogP contribution is -2.07. The van der Waals surface area contributed by atoms with Gasteiger partial charge in [-0.05, 0) is 23.8 Å². The number of ether oxygens (including phenoxy) is 2. The van der Waals surface area contributed by atoms with Crippen LogP contribution < -0.4 is 19.7 Å². The molecule has 0 saturated heterocycles. The first-order chi connectivity index (χ1) is 10.2. The molecule has 5 nitrogen and oxygen atoms in total. The summed E-state index contributed by atoms with van der Waals surface area (Å²) in [6.45, 7) is 1.49. The number of hydrogen-bond acceptors (Lipinski definition) is 6. The predicted molar refractivity (Wildman–Crippen MR) is 86.0 cm³/mol. The van der Waals surface area contributed by atoms with E-state index >= 15 is 0 Å². The van der Waals surface area contributed by atoms with Crippen molar-refractivity contribution in [2.45, 2.75) is 13.0 Å². The Bertz CT molecular complexity index is 640. The van der Waals surface area contributed by atoms with Crippen molar-refractivity contribution in [2.24, 2.45) is 0 Å². The molecule has 2 heterocycles. The van der Waals surface area contributed by atoms with Crippen LogP contribution >= 0.6 is 11.3 Å². The molecule has 0 spiro atoms. The summed E-state index contributed by atoms with van der Waals surface area (Å²) >= 11 is 1.64. The van der Waals surface area contributed by atoms with Crippen LogP contribution in [-0.4, -0.2) is 32.8 Å². The second-order valence-electron chi connectivity index (χ2n) is 5.10. The van der Waals surface area contributed by atoms with Crippen molar-refractivity contribution in [3.05, 3.63) is 28.6 Å². The first kappa shape index (κ1) is 14.0. The molecule has 0 aliphatic carbocycles. The summed E-state index contributed by atoms with van der Waals surface area (Å²) < 4.78 is 10.9. The molecular weight excluding hydrogens is 286 g/mol. The van der Waals surface area contributed by atoms with E-state index in [1.807, 2.05) is 31.1 Å². The van der Waals surface area contributed by atoms with Gasteiger partial charge in [-0.25, -0.2) is 0 Å². The molecule has 1 aromatic carbocycles. The van der Waals surface area contributed by atoms with Crippen molar-refractivity contribution in [3.8, 4) is 11.6 Å². The molecule has 21 heavy (non-hydrogen) atoms. The third kappa shape index (κ3) is 2.90. The van der Waals surface area contributed by atoms with Gasteiger partial charge in [0.25, 0.3) is 0 Å². The number of methoxy groups -OCH3 is 1. The summed E-state index contributed by atoms with van der Waals surface area (Å²) in [6.07, 6.45) is 0.986. The molecule has 112 valence electrons. The number of nitrogens with one attached hydrogen (secondary N) is 1. The average molecular weight is 305 g/mol. The van der Waals surface area contributed by atoms with Gasteiger partial charge in [-0.2, -0.15) is 4.98 Å². The maximum absolute atomic E-state index is 5.52. The molecule has 0 radical (unpaired) electrons. The monoisotopic (exact) mass is 305 g/mol. The van der Waals surface area contributed by atoms with Gasteiger partial charge in [0.05, 0.1) is 25.1 Å². The maximum atomic E-state index is 5.52. The Hall–Kier alpha value is -1.95. The topological polar surface area (TPSA) is 46.6 Å². The van der Waals surface area contributed by atoms with E-state index in [-0.39, 0.29) is 0 Å². The molecule has 2 aromatic rings. The van der Waals surface area contributed by atoms with Gasteiger partial charge in [-0.15, -0.1) is 0 Å². The van der Waals surface area contributed by atoms with Crippen LogP contribution in [0.5, 0.6) is 11.6 Å². The molecule has 1 N–H and O–H groups in total. The molecule has 0 bridgehead atoms. The molecular formula is C15H19N3O2S. The van der Waals surface area contributed by atoms with E-state index in [2.05, 4.69) is 16.4 Å². The Morgan fingerprint density at radius 2 is 2.29 bits per heavy atom. The summed E-state index contributed by atoms with van der Waals surface area (Å²) in [5.41, 5.74) is 2.37. The number of hydrogen-bond donors (Lipinski definition) is 1. The van der Waals surface area contributed by atoms with Crippen molar-refractivity contribution >= 4 is 22.2 Å². The third-order valence-corrected chi connectivity index (χ3v) is 4.57. The zero-order valence-electron chi connectivity index (χ0n) is 12.5. The molecule has 1 aromatic heterocycles. The Morgan fingerprint density at radius 1 is 1.43 bits per heavy atom. The highest BCUT2D eigenvalue weighted by atomic mass is 32.1. The molecule has 3 rings (SSSR count). The summed E-state index contributed by atoms with van der Waals surface area (Å²) in [7, 11) is 5.62. The number of fused-ring (bicyclic) bond motifs is 1. The number of benzene rings is 1. The average Bonchev–Trinajstić information content (AvgIpc) is 3.10. The van der Waals surface area contributed by atoms with E-state index in [4.69, 9.17) is 9.47 Å². The third-order valence-electron chi connectivity index (χ3n) is 3.37. The fraction of sp³-hybridized carbons (Fsp3) is 0.400. The van der Waals surface area contributed by atoms with E-state index in [0.717, 1.165) is 34.5 Å². The van der Waals surface area contributed by atoms with Gasteiger partial charge in [0.2, 0.25) is 5.88 Å². The van der Waals surface area contributed by atoms with Crippen LogP contribution in [-0.2, 0) is 13.0 Å². The van der Waals surface area contributed by atoms with Gasteiger partial charge in [-0.1, -0.05) is 11.3 Å². The zero-order chi connectivity index (χ0) is 14.8. The Morgan fingerprint density at radius 3 is 3.05 bits per heavy atom. The molecule has 1 aliphatic rings. The Balaban J connectivity index is 1.72. The summed E-state index contributed by atoms with van der Waals surface area (Å²) in [6, 6.07) is 6.23. The van der Waals surface area contributed by atoms with Gasteiger partial charge < -0.3 is 19.7 Å². The van der Waals surface area contributed by atoms with Gasteiger partial charge in [0.15, 0.2) is 5.13 Å². The molecule has 0 saturated carbocycles. The Labute approximate surface area is 128 Å². The minimum atomic E-state index is 0.695. The highest BCUT2D eigenvalue weighted by Crippen LogP contribution is 2.32. The van der Waals surface area contributed by atoms with Gasteiger partial charge in [-0.3, -0.25) is 0 Å². The molecule has 1 aliphatic heterocycles. The smallest absolute Gasteiger partial charge is 0.231 e. The van der Waals surface area contributed by atoms with Crippen molar-refractivity contribution in [1.29, 1.82) is 0 Å². The van der Waals surface area contributed by atoms with Crippen molar-refractivity contribution in [1.82, 2.24) is 4.98 Å². The quantitative estimate of drug-likeness (QED) is 0.920. The zero-order valence-corrected chi connectivity index (χ0v) is 13.3. The Kier molecular flexibility index (Phi) is 3.88. The summed E-state index contributed by atoms with van der Waals surface area (Å²) in [5, 5.41) is 4.38. The first-order valence-corrected chi connectivity index (χ1v) is 7.69. The molecule has 0 atom stereocenters. The molecule has 0 amide bonds. The van der Waals surface area contributed by atoms with E-state index in [0.29, 0.717) is 12.4 Å². The minimum Gasteiger partial charge on any atom is -0.493 e. The summed E-state index contributed by atoms with van der Waals surface area (Å²) in [5.74, 6) is 1.70. The van der Waals surface area contributed by atoms with Gasteiger partial charge >= 0.3 is 0 Å². The highest BCUT2D eigenvalue weighted by Gasteiger charge is 2.14. The van der Waals surface area contributed by atoms with Crippen LogP contribution in [0.15, 0.2) is 18.2 Å². The summed E-state index contributed by atoms with van der Waals surface area (Å²) in [4.78, 5) is 7.55. The van der Waals surface area contributed by atoms with Crippen LogP contribution in [0.4, 0.5) is 10.8 Å².